The normalized spacial score (nSPS) is 18.1. The predicted molar refractivity (Wildman–Crippen MR) is 64.0 cm³/mol. The number of hydrogen-bond acceptors (Lipinski definition) is 2. The molecule has 3 nitrogen and oxygen atoms in total. The average molecular weight is 217 g/mol. The van der Waals surface area contributed by atoms with E-state index in [1.165, 1.54) is 5.69 Å². The molecule has 1 fully saturated rings. The van der Waals surface area contributed by atoms with E-state index in [0.717, 1.165) is 25.9 Å². The fraction of sp³-hybridized carbons (Fsp3) is 0.615. The maximum atomic E-state index is 8.97. The van der Waals surface area contributed by atoms with Gasteiger partial charge in [0.1, 0.15) is 0 Å². The fourth-order valence-corrected chi connectivity index (χ4v) is 1.94. The van der Waals surface area contributed by atoms with E-state index in [-0.39, 0.29) is 10.8 Å². The zero-order valence-corrected chi connectivity index (χ0v) is 10.0. The molecule has 0 unspecified atom stereocenters. The standard InChI is InChI=1S/C13H19N3/c1-12(2,11-4-3-7-16-11)9-15-10-13(8-14)5-6-13/h3-4,7,15-16H,5-6,9-10H2,1-2H3. The average Bonchev–Trinajstić information content (AvgIpc) is 2.81. The Balaban J connectivity index is 1.84. The quantitative estimate of drug-likeness (QED) is 0.794. The van der Waals surface area contributed by atoms with Crippen molar-refractivity contribution in [1.29, 1.82) is 5.26 Å². The Labute approximate surface area is 96.9 Å². The second-order valence-electron chi connectivity index (χ2n) is 5.46. The molecule has 16 heavy (non-hydrogen) atoms. The van der Waals surface area contributed by atoms with E-state index in [9.17, 15) is 0 Å². The molecule has 0 aromatic carbocycles. The minimum atomic E-state index is -0.0498. The highest BCUT2D eigenvalue weighted by atomic mass is 14.9. The summed E-state index contributed by atoms with van der Waals surface area (Å²) >= 11 is 0. The largest absolute Gasteiger partial charge is 0.365 e. The molecule has 0 atom stereocenters. The van der Waals surface area contributed by atoms with Crippen molar-refractivity contribution in [2.75, 3.05) is 13.1 Å². The summed E-state index contributed by atoms with van der Waals surface area (Å²) in [5, 5.41) is 12.4. The molecule has 1 aromatic heterocycles. The second-order valence-corrected chi connectivity index (χ2v) is 5.46. The summed E-state index contributed by atoms with van der Waals surface area (Å²) in [5.41, 5.74) is 1.28. The molecule has 2 N–H and O–H groups in total. The first-order valence-corrected chi connectivity index (χ1v) is 5.84. The highest BCUT2D eigenvalue weighted by molar-refractivity contribution is 5.16. The van der Waals surface area contributed by atoms with Crippen molar-refractivity contribution >= 4 is 0 Å². The molecule has 1 aromatic rings. The molecule has 1 heterocycles. The molecule has 1 saturated carbocycles. The van der Waals surface area contributed by atoms with Gasteiger partial charge in [0, 0.05) is 30.4 Å². The molecular weight excluding hydrogens is 198 g/mol. The molecule has 0 amide bonds. The Morgan fingerprint density at radius 3 is 2.81 bits per heavy atom. The molecular formula is C13H19N3. The van der Waals surface area contributed by atoms with Crippen LogP contribution in [0.25, 0.3) is 0 Å². The molecule has 0 aliphatic heterocycles. The van der Waals surface area contributed by atoms with E-state index >= 15 is 0 Å². The summed E-state index contributed by atoms with van der Waals surface area (Å²) in [4.78, 5) is 3.25. The van der Waals surface area contributed by atoms with E-state index in [0.29, 0.717) is 0 Å². The number of H-pyrrole nitrogens is 1. The van der Waals surface area contributed by atoms with E-state index in [1.807, 2.05) is 12.3 Å². The number of nitriles is 1. The van der Waals surface area contributed by atoms with Crippen molar-refractivity contribution in [2.24, 2.45) is 5.41 Å². The van der Waals surface area contributed by atoms with E-state index in [1.54, 1.807) is 0 Å². The maximum absolute atomic E-state index is 8.97. The van der Waals surface area contributed by atoms with Gasteiger partial charge in [-0.05, 0) is 25.0 Å². The Bertz CT molecular complexity index is 380. The van der Waals surface area contributed by atoms with Crippen LogP contribution in [0.2, 0.25) is 0 Å². The van der Waals surface area contributed by atoms with Gasteiger partial charge in [-0.15, -0.1) is 0 Å². The van der Waals surface area contributed by atoms with Gasteiger partial charge in [-0.2, -0.15) is 5.26 Å². The van der Waals surface area contributed by atoms with E-state index < -0.39 is 0 Å². The first-order chi connectivity index (χ1) is 7.58. The monoisotopic (exact) mass is 217 g/mol. The topological polar surface area (TPSA) is 51.6 Å². The Morgan fingerprint density at radius 1 is 1.56 bits per heavy atom. The molecule has 0 radical (unpaired) electrons. The maximum Gasteiger partial charge on any atom is 0.0703 e. The summed E-state index contributed by atoms with van der Waals surface area (Å²) in [6.07, 6.45) is 4.06. The minimum Gasteiger partial charge on any atom is -0.365 e. The van der Waals surface area contributed by atoms with Crippen molar-refractivity contribution in [3.63, 3.8) is 0 Å². The highest BCUT2D eigenvalue weighted by Gasteiger charge is 2.42. The van der Waals surface area contributed by atoms with Gasteiger partial charge in [-0.3, -0.25) is 0 Å². The number of aromatic amines is 1. The number of hydrogen-bond donors (Lipinski definition) is 2. The Morgan fingerprint density at radius 2 is 2.31 bits per heavy atom. The first-order valence-electron chi connectivity index (χ1n) is 5.84. The van der Waals surface area contributed by atoms with Gasteiger partial charge in [0.2, 0.25) is 0 Å². The summed E-state index contributed by atoms with van der Waals surface area (Å²) < 4.78 is 0. The Hall–Kier alpha value is -1.27. The van der Waals surface area contributed by atoms with Crippen LogP contribution in [0, 0.1) is 16.7 Å². The zero-order valence-electron chi connectivity index (χ0n) is 10.0. The van der Waals surface area contributed by atoms with Crippen molar-refractivity contribution in [3.05, 3.63) is 24.0 Å². The molecule has 3 heteroatoms. The van der Waals surface area contributed by atoms with Crippen LogP contribution >= 0.6 is 0 Å². The van der Waals surface area contributed by atoms with E-state index in [2.05, 4.69) is 36.3 Å². The molecule has 86 valence electrons. The summed E-state index contributed by atoms with van der Waals surface area (Å²) in [6, 6.07) is 6.54. The fourth-order valence-electron chi connectivity index (χ4n) is 1.94. The second kappa shape index (κ2) is 3.95. The third kappa shape index (κ3) is 2.28. The van der Waals surface area contributed by atoms with Crippen LogP contribution in [0.15, 0.2) is 18.3 Å². The third-order valence-corrected chi connectivity index (χ3v) is 3.45. The number of aromatic nitrogens is 1. The van der Waals surface area contributed by atoms with Crippen LogP contribution in [0.3, 0.4) is 0 Å². The van der Waals surface area contributed by atoms with Crippen molar-refractivity contribution < 1.29 is 0 Å². The predicted octanol–water partition coefficient (Wildman–Crippen LogP) is 2.19. The summed E-state index contributed by atoms with van der Waals surface area (Å²) in [5.74, 6) is 0. The number of nitrogens with one attached hydrogen (secondary N) is 2. The lowest BCUT2D eigenvalue weighted by Gasteiger charge is -2.24. The molecule has 2 rings (SSSR count). The Kier molecular flexibility index (Phi) is 2.77. The van der Waals surface area contributed by atoms with Crippen LogP contribution in [0.1, 0.15) is 32.4 Å². The van der Waals surface area contributed by atoms with E-state index in [4.69, 9.17) is 5.26 Å². The van der Waals surface area contributed by atoms with Crippen molar-refractivity contribution in [1.82, 2.24) is 10.3 Å². The smallest absolute Gasteiger partial charge is 0.0703 e. The van der Waals surface area contributed by atoms with Gasteiger partial charge in [-0.25, -0.2) is 0 Å². The first kappa shape index (κ1) is 11.2. The van der Waals surface area contributed by atoms with Crippen LogP contribution in [0.5, 0.6) is 0 Å². The highest BCUT2D eigenvalue weighted by Crippen LogP contribution is 2.44. The van der Waals surface area contributed by atoms with Gasteiger partial charge in [0.15, 0.2) is 0 Å². The third-order valence-electron chi connectivity index (χ3n) is 3.45. The summed E-state index contributed by atoms with van der Waals surface area (Å²) in [7, 11) is 0. The lowest BCUT2D eigenvalue weighted by atomic mass is 9.89. The van der Waals surface area contributed by atoms with Gasteiger partial charge in [0.05, 0.1) is 11.5 Å². The molecule has 1 aliphatic rings. The number of nitrogens with zero attached hydrogens (tertiary/aromatic N) is 1. The lowest BCUT2D eigenvalue weighted by molar-refractivity contribution is 0.436. The van der Waals surface area contributed by atoms with Gasteiger partial charge in [-0.1, -0.05) is 13.8 Å². The van der Waals surface area contributed by atoms with Crippen LogP contribution in [-0.2, 0) is 5.41 Å². The number of rotatable bonds is 5. The van der Waals surface area contributed by atoms with Gasteiger partial charge in [0.25, 0.3) is 0 Å². The van der Waals surface area contributed by atoms with Crippen molar-refractivity contribution in [2.45, 2.75) is 32.1 Å². The SMILES string of the molecule is CC(C)(CNCC1(C#N)CC1)c1ccc[nH]1. The van der Waals surface area contributed by atoms with Gasteiger partial charge >= 0.3 is 0 Å². The zero-order chi connectivity index (χ0) is 11.6. The van der Waals surface area contributed by atoms with Crippen LogP contribution < -0.4 is 5.32 Å². The minimum absolute atomic E-state index is 0.0498. The molecule has 0 saturated heterocycles. The van der Waals surface area contributed by atoms with Crippen LogP contribution in [0.4, 0.5) is 0 Å². The summed E-state index contributed by atoms with van der Waals surface area (Å²) in [6.45, 7) is 6.14. The van der Waals surface area contributed by atoms with Crippen molar-refractivity contribution in [3.8, 4) is 6.07 Å². The van der Waals surface area contributed by atoms with Crippen LogP contribution in [-0.4, -0.2) is 18.1 Å². The molecule has 0 bridgehead atoms. The molecule has 1 aliphatic carbocycles. The van der Waals surface area contributed by atoms with Gasteiger partial charge < -0.3 is 10.3 Å². The lowest BCUT2D eigenvalue weighted by Crippen LogP contribution is -2.36. The molecule has 0 spiro atoms.